The van der Waals surface area contributed by atoms with Crippen molar-refractivity contribution in [3.63, 3.8) is 0 Å². The average Bonchev–Trinajstić information content (AvgIpc) is 3.31. The molecular formula is C31H31BrN2O3. The Balaban J connectivity index is 1.52. The van der Waals surface area contributed by atoms with Crippen LogP contribution in [-0.4, -0.2) is 29.8 Å². The number of hydrogen-bond donors (Lipinski definition) is 0. The van der Waals surface area contributed by atoms with Gasteiger partial charge in [-0.15, -0.1) is 0 Å². The second-order valence-electron chi connectivity index (χ2n) is 9.26. The van der Waals surface area contributed by atoms with Crippen molar-refractivity contribution < 1.29 is 14.3 Å². The van der Waals surface area contributed by atoms with Crippen LogP contribution in [0.4, 0.5) is 0 Å². The van der Waals surface area contributed by atoms with Crippen LogP contribution in [0.5, 0.6) is 11.5 Å². The van der Waals surface area contributed by atoms with Gasteiger partial charge in [0.2, 0.25) is 0 Å². The summed E-state index contributed by atoms with van der Waals surface area (Å²) in [5.41, 5.74) is 5.02. The highest BCUT2D eigenvalue weighted by molar-refractivity contribution is 9.10. The van der Waals surface area contributed by atoms with Crippen molar-refractivity contribution in [3.05, 3.63) is 99.5 Å². The molecule has 0 aromatic heterocycles. The average molecular weight is 560 g/mol. The van der Waals surface area contributed by atoms with E-state index in [2.05, 4.69) is 46.3 Å². The van der Waals surface area contributed by atoms with Gasteiger partial charge in [-0.2, -0.15) is 5.10 Å². The van der Waals surface area contributed by atoms with E-state index < -0.39 is 0 Å². The molecule has 0 radical (unpaired) electrons. The summed E-state index contributed by atoms with van der Waals surface area (Å²) in [6.45, 7) is 5.23. The Morgan fingerprint density at radius 3 is 2.19 bits per heavy atom. The third-order valence-electron chi connectivity index (χ3n) is 6.87. The van der Waals surface area contributed by atoms with Gasteiger partial charge in [-0.3, -0.25) is 4.79 Å². The van der Waals surface area contributed by atoms with E-state index in [-0.39, 0.29) is 17.9 Å². The van der Waals surface area contributed by atoms with Crippen molar-refractivity contribution in [2.75, 3.05) is 13.2 Å². The van der Waals surface area contributed by atoms with Gasteiger partial charge in [-0.05, 0) is 104 Å². The van der Waals surface area contributed by atoms with Crippen LogP contribution >= 0.6 is 15.9 Å². The predicted molar refractivity (Wildman–Crippen MR) is 151 cm³/mol. The fourth-order valence-corrected chi connectivity index (χ4v) is 5.45. The number of hydrogen-bond acceptors (Lipinski definition) is 4. The van der Waals surface area contributed by atoms with E-state index in [9.17, 15) is 4.79 Å². The molecule has 5 rings (SSSR count). The first-order valence-corrected chi connectivity index (χ1v) is 13.7. The molecule has 0 N–H and O–H groups in total. The quantitative estimate of drug-likeness (QED) is 0.298. The van der Waals surface area contributed by atoms with Crippen LogP contribution in [0, 0.1) is 5.92 Å². The molecule has 37 heavy (non-hydrogen) atoms. The maximum atomic E-state index is 13.8. The van der Waals surface area contributed by atoms with Gasteiger partial charge in [-0.25, -0.2) is 5.01 Å². The highest BCUT2D eigenvalue weighted by Gasteiger charge is 2.43. The fraction of sp³-hybridized carbons (Fsp3) is 0.290. The van der Waals surface area contributed by atoms with Crippen LogP contribution in [-0.2, 0) is 0 Å². The van der Waals surface area contributed by atoms with E-state index in [4.69, 9.17) is 14.6 Å². The zero-order chi connectivity index (χ0) is 25.8. The summed E-state index contributed by atoms with van der Waals surface area (Å²) in [6.07, 6.45) is 5.20. The molecule has 1 heterocycles. The van der Waals surface area contributed by atoms with Crippen LogP contribution in [0.3, 0.4) is 0 Å². The van der Waals surface area contributed by atoms with Crippen LogP contribution in [0.2, 0.25) is 0 Å². The number of carbonyl (C=O) groups excluding carboxylic acids is 1. The SMILES string of the molecule is CCOc1ccc(/C=C2\CCCC3C2=NN(C(=O)c2ccc(Br)cc2)C3c2ccc(OCC)cc2)cc1. The lowest BCUT2D eigenvalue weighted by molar-refractivity contribution is 0.0681. The summed E-state index contributed by atoms with van der Waals surface area (Å²) in [6, 6.07) is 23.6. The van der Waals surface area contributed by atoms with E-state index in [1.165, 1.54) is 5.57 Å². The largest absolute Gasteiger partial charge is 0.494 e. The Morgan fingerprint density at radius 1 is 0.946 bits per heavy atom. The van der Waals surface area contributed by atoms with Crippen LogP contribution < -0.4 is 9.47 Å². The van der Waals surface area contributed by atoms with Gasteiger partial charge in [0.15, 0.2) is 0 Å². The molecule has 1 saturated carbocycles. The number of hydrazone groups is 1. The van der Waals surface area contributed by atoms with Crippen molar-refractivity contribution in [1.82, 2.24) is 5.01 Å². The topological polar surface area (TPSA) is 51.1 Å². The summed E-state index contributed by atoms with van der Waals surface area (Å²) in [4.78, 5) is 13.8. The lowest BCUT2D eigenvalue weighted by atomic mass is 9.77. The number of benzene rings is 3. The maximum absolute atomic E-state index is 13.8. The highest BCUT2D eigenvalue weighted by Crippen LogP contribution is 2.45. The van der Waals surface area contributed by atoms with E-state index >= 15 is 0 Å². The van der Waals surface area contributed by atoms with E-state index in [1.807, 2.05) is 62.4 Å². The Hall–Kier alpha value is -3.38. The van der Waals surface area contributed by atoms with Gasteiger partial charge in [-0.1, -0.05) is 40.2 Å². The summed E-state index contributed by atoms with van der Waals surface area (Å²) in [7, 11) is 0. The number of amides is 1. The summed E-state index contributed by atoms with van der Waals surface area (Å²) < 4.78 is 12.2. The number of fused-ring (bicyclic) bond motifs is 1. The van der Waals surface area contributed by atoms with E-state index in [0.29, 0.717) is 18.8 Å². The molecule has 3 aromatic carbocycles. The Bertz CT molecular complexity index is 1300. The molecular weight excluding hydrogens is 528 g/mol. The van der Waals surface area contributed by atoms with Crippen molar-refractivity contribution in [2.45, 2.75) is 39.2 Å². The molecule has 0 bridgehead atoms. The fourth-order valence-electron chi connectivity index (χ4n) is 5.18. The maximum Gasteiger partial charge on any atom is 0.274 e. The first-order valence-electron chi connectivity index (χ1n) is 12.9. The van der Waals surface area contributed by atoms with Crippen molar-refractivity contribution >= 4 is 33.6 Å². The van der Waals surface area contributed by atoms with Crippen LogP contribution in [0.15, 0.2) is 87.9 Å². The third kappa shape index (κ3) is 5.49. The number of halogens is 1. The lowest BCUT2D eigenvalue weighted by Crippen LogP contribution is -2.31. The Kier molecular flexibility index (Phi) is 7.75. The molecule has 0 saturated heterocycles. The van der Waals surface area contributed by atoms with Gasteiger partial charge >= 0.3 is 0 Å². The van der Waals surface area contributed by atoms with Gasteiger partial charge in [0, 0.05) is 16.0 Å². The number of nitrogens with zero attached hydrogens (tertiary/aromatic N) is 2. The number of allylic oxidation sites excluding steroid dienone is 1. The summed E-state index contributed by atoms with van der Waals surface area (Å²) in [5, 5.41) is 6.72. The first-order chi connectivity index (χ1) is 18.1. The molecule has 2 atom stereocenters. The molecule has 1 aliphatic carbocycles. The molecule has 5 nitrogen and oxygen atoms in total. The highest BCUT2D eigenvalue weighted by atomic mass is 79.9. The Morgan fingerprint density at radius 2 is 1.57 bits per heavy atom. The second-order valence-corrected chi connectivity index (χ2v) is 10.2. The normalized spacial score (nSPS) is 19.9. The number of carbonyl (C=O) groups is 1. The molecule has 2 aliphatic rings. The van der Waals surface area contributed by atoms with Gasteiger partial charge < -0.3 is 9.47 Å². The third-order valence-corrected chi connectivity index (χ3v) is 7.39. The minimum Gasteiger partial charge on any atom is -0.494 e. The van der Waals surface area contributed by atoms with E-state index in [1.54, 1.807) is 5.01 Å². The monoisotopic (exact) mass is 558 g/mol. The van der Waals surface area contributed by atoms with Crippen molar-refractivity contribution in [2.24, 2.45) is 11.0 Å². The molecule has 0 spiro atoms. The Labute approximate surface area is 226 Å². The minimum absolute atomic E-state index is 0.0892. The summed E-state index contributed by atoms with van der Waals surface area (Å²) >= 11 is 3.47. The molecule has 190 valence electrons. The van der Waals surface area contributed by atoms with Gasteiger partial charge in [0.25, 0.3) is 5.91 Å². The number of ether oxygens (including phenoxy) is 2. The van der Waals surface area contributed by atoms with E-state index in [0.717, 1.165) is 52.1 Å². The van der Waals surface area contributed by atoms with Crippen LogP contribution in [0.25, 0.3) is 6.08 Å². The van der Waals surface area contributed by atoms with Crippen molar-refractivity contribution in [3.8, 4) is 11.5 Å². The molecule has 1 aliphatic heterocycles. The molecule has 3 aromatic rings. The number of rotatable bonds is 7. The lowest BCUT2D eigenvalue weighted by Gasteiger charge is -2.29. The van der Waals surface area contributed by atoms with Gasteiger partial charge in [0.05, 0.1) is 25.0 Å². The smallest absolute Gasteiger partial charge is 0.274 e. The first kappa shape index (κ1) is 25.3. The summed E-state index contributed by atoms with van der Waals surface area (Å²) in [5.74, 6) is 1.75. The van der Waals surface area contributed by atoms with Gasteiger partial charge in [0.1, 0.15) is 11.5 Å². The molecule has 2 unspecified atom stereocenters. The van der Waals surface area contributed by atoms with Crippen LogP contribution in [0.1, 0.15) is 60.6 Å². The molecule has 1 amide bonds. The second kappa shape index (κ2) is 11.3. The molecule has 6 heteroatoms. The molecule has 1 fully saturated rings. The van der Waals surface area contributed by atoms with Crippen molar-refractivity contribution in [1.29, 1.82) is 0 Å². The zero-order valence-electron chi connectivity index (χ0n) is 21.2. The zero-order valence-corrected chi connectivity index (χ0v) is 22.8. The minimum atomic E-state index is -0.161. The standard InChI is InChI=1S/C31H31BrN2O3/c1-3-36-26-16-8-21(9-17-26)20-24-6-5-7-28-29(24)33-34(31(35)23-10-14-25(32)15-11-23)30(28)22-12-18-27(19-13-22)37-4-2/h8-20,28,30H,3-7H2,1-2H3/b24-20+. The predicted octanol–water partition coefficient (Wildman–Crippen LogP) is 7.68.